The SMILES string of the molecule is Cc1c(NC(=O)c2ccc(C(C)(C)C)cc2)cccc1B1OCC(C)(C)CO1. The summed E-state index contributed by atoms with van der Waals surface area (Å²) in [5.41, 5.74) is 4.63. The van der Waals surface area contributed by atoms with Crippen LogP contribution in [0.25, 0.3) is 0 Å². The number of benzene rings is 2. The molecule has 148 valence electrons. The standard InChI is InChI=1S/C23H30BNO3/c1-16-19(24-27-14-23(5,6)15-28-24)8-7-9-20(16)25-21(26)17-10-12-18(13-11-17)22(2,3)4/h7-13H,14-15H2,1-6H3,(H,25,26). The summed E-state index contributed by atoms with van der Waals surface area (Å²) in [6, 6.07) is 13.6. The Kier molecular flexibility index (Phi) is 5.69. The minimum atomic E-state index is -0.393. The Bertz CT molecular complexity index is 843. The molecule has 3 rings (SSSR count). The molecule has 0 aromatic heterocycles. The van der Waals surface area contributed by atoms with Gasteiger partial charge in [-0.3, -0.25) is 4.79 Å². The summed E-state index contributed by atoms with van der Waals surface area (Å²) in [5.74, 6) is -0.118. The van der Waals surface area contributed by atoms with Gasteiger partial charge in [-0.25, -0.2) is 0 Å². The highest BCUT2D eigenvalue weighted by Crippen LogP contribution is 2.24. The van der Waals surface area contributed by atoms with E-state index < -0.39 is 7.12 Å². The van der Waals surface area contributed by atoms with E-state index in [1.165, 1.54) is 5.56 Å². The Labute approximate surface area is 168 Å². The summed E-state index contributed by atoms with van der Waals surface area (Å²) in [5, 5.41) is 3.03. The average molecular weight is 379 g/mol. The minimum absolute atomic E-state index is 0.0233. The molecule has 1 heterocycles. The molecule has 0 spiro atoms. The third-order valence-corrected chi connectivity index (χ3v) is 5.14. The molecular formula is C23H30BNO3. The van der Waals surface area contributed by atoms with Gasteiger partial charge in [-0.05, 0) is 47.1 Å². The van der Waals surface area contributed by atoms with Gasteiger partial charge in [-0.1, -0.05) is 58.9 Å². The van der Waals surface area contributed by atoms with Gasteiger partial charge in [0.25, 0.3) is 5.91 Å². The van der Waals surface area contributed by atoms with Gasteiger partial charge in [-0.2, -0.15) is 0 Å². The van der Waals surface area contributed by atoms with Gasteiger partial charge in [0.2, 0.25) is 0 Å². The first-order valence-electron chi connectivity index (χ1n) is 9.81. The van der Waals surface area contributed by atoms with Gasteiger partial charge in [0.15, 0.2) is 0 Å². The first kappa shape index (κ1) is 20.6. The molecule has 0 saturated carbocycles. The Balaban J connectivity index is 1.75. The van der Waals surface area contributed by atoms with Crippen molar-refractivity contribution in [3.05, 3.63) is 59.2 Å². The fourth-order valence-electron chi connectivity index (χ4n) is 3.23. The van der Waals surface area contributed by atoms with Gasteiger partial charge in [0.1, 0.15) is 0 Å². The lowest BCUT2D eigenvalue weighted by Crippen LogP contribution is -2.48. The second kappa shape index (κ2) is 7.73. The van der Waals surface area contributed by atoms with Gasteiger partial charge in [-0.15, -0.1) is 0 Å². The number of anilines is 1. The molecule has 28 heavy (non-hydrogen) atoms. The number of rotatable bonds is 3. The molecule has 1 aliphatic rings. The van der Waals surface area contributed by atoms with E-state index >= 15 is 0 Å². The highest BCUT2D eigenvalue weighted by atomic mass is 16.6. The van der Waals surface area contributed by atoms with Crippen molar-refractivity contribution in [2.45, 2.75) is 47.0 Å². The van der Waals surface area contributed by atoms with Crippen molar-refractivity contribution in [3.8, 4) is 0 Å². The van der Waals surface area contributed by atoms with E-state index in [4.69, 9.17) is 9.31 Å². The number of carbonyl (C=O) groups is 1. The molecule has 5 heteroatoms. The van der Waals surface area contributed by atoms with E-state index in [1.54, 1.807) is 0 Å². The van der Waals surface area contributed by atoms with Crippen LogP contribution < -0.4 is 10.8 Å². The Morgan fingerprint density at radius 1 is 1.04 bits per heavy atom. The van der Waals surface area contributed by atoms with Crippen LogP contribution in [-0.4, -0.2) is 26.2 Å². The number of carbonyl (C=O) groups excluding carboxylic acids is 1. The lowest BCUT2D eigenvalue weighted by Gasteiger charge is -2.33. The van der Waals surface area contributed by atoms with Gasteiger partial charge < -0.3 is 14.6 Å². The van der Waals surface area contributed by atoms with Gasteiger partial charge in [0, 0.05) is 29.9 Å². The summed E-state index contributed by atoms with van der Waals surface area (Å²) in [6.45, 7) is 14.0. The molecule has 2 aromatic carbocycles. The maximum Gasteiger partial charge on any atom is 0.494 e. The van der Waals surface area contributed by atoms with Crippen LogP contribution in [0.1, 0.15) is 56.1 Å². The normalized spacial score (nSPS) is 16.7. The summed E-state index contributed by atoms with van der Waals surface area (Å²) in [6.07, 6.45) is 0. The number of hydrogen-bond acceptors (Lipinski definition) is 3. The van der Waals surface area contributed by atoms with Crippen molar-refractivity contribution >= 4 is 24.2 Å². The molecule has 1 aliphatic heterocycles. The first-order chi connectivity index (χ1) is 13.1. The molecule has 0 atom stereocenters. The third-order valence-electron chi connectivity index (χ3n) is 5.14. The van der Waals surface area contributed by atoms with Crippen molar-refractivity contribution in [3.63, 3.8) is 0 Å². The van der Waals surface area contributed by atoms with Crippen LogP contribution >= 0.6 is 0 Å². The predicted octanol–water partition coefficient (Wildman–Crippen LogP) is 4.31. The van der Waals surface area contributed by atoms with Crippen LogP contribution in [0.3, 0.4) is 0 Å². The summed E-state index contributed by atoms with van der Waals surface area (Å²) in [4.78, 5) is 12.7. The topological polar surface area (TPSA) is 47.6 Å². The largest absolute Gasteiger partial charge is 0.494 e. The fourth-order valence-corrected chi connectivity index (χ4v) is 3.23. The van der Waals surface area contributed by atoms with Crippen LogP contribution in [0.15, 0.2) is 42.5 Å². The quantitative estimate of drug-likeness (QED) is 0.809. The third kappa shape index (κ3) is 4.65. The van der Waals surface area contributed by atoms with Crippen LogP contribution in [0.2, 0.25) is 0 Å². The van der Waals surface area contributed by atoms with E-state index in [2.05, 4.69) is 39.9 Å². The fraction of sp³-hybridized carbons (Fsp3) is 0.435. The summed E-state index contributed by atoms with van der Waals surface area (Å²) in [7, 11) is -0.393. The molecule has 1 amide bonds. The molecule has 1 N–H and O–H groups in total. The maximum absolute atomic E-state index is 12.7. The second-order valence-electron chi connectivity index (χ2n) is 9.42. The highest BCUT2D eigenvalue weighted by Gasteiger charge is 2.34. The Morgan fingerprint density at radius 3 is 2.21 bits per heavy atom. The van der Waals surface area contributed by atoms with Gasteiger partial charge in [0.05, 0.1) is 0 Å². The zero-order chi connectivity index (χ0) is 20.5. The Morgan fingerprint density at radius 2 is 1.64 bits per heavy atom. The van der Waals surface area contributed by atoms with Crippen molar-refractivity contribution in [1.82, 2.24) is 0 Å². The molecule has 1 saturated heterocycles. The van der Waals surface area contributed by atoms with E-state index in [9.17, 15) is 4.79 Å². The van der Waals surface area contributed by atoms with Crippen molar-refractivity contribution in [1.29, 1.82) is 0 Å². The smallest absolute Gasteiger partial charge is 0.407 e. The molecule has 4 nitrogen and oxygen atoms in total. The van der Waals surface area contributed by atoms with E-state index in [0.717, 1.165) is 16.7 Å². The van der Waals surface area contributed by atoms with Crippen molar-refractivity contribution in [2.24, 2.45) is 5.41 Å². The van der Waals surface area contributed by atoms with Crippen molar-refractivity contribution < 1.29 is 14.1 Å². The van der Waals surface area contributed by atoms with Crippen LogP contribution in [0.4, 0.5) is 5.69 Å². The lowest BCUT2D eigenvalue weighted by molar-refractivity contribution is 0.0342. The molecule has 0 aliphatic carbocycles. The number of amides is 1. The minimum Gasteiger partial charge on any atom is -0.407 e. The predicted molar refractivity (Wildman–Crippen MR) is 115 cm³/mol. The average Bonchev–Trinajstić information content (AvgIpc) is 2.63. The Hall–Kier alpha value is -2.11. The van der Waals surface area contributed by atoms with Crippen LogP contribution in [0, 0.1) is 12.3 Å². The van der Waals surface area contributed by atoms with Gasteiger partial charge >= 0.3 is 7.12 Å². The molecule has 2 aromatic rings. The highest BCUT2D eigenvalue weighted by molar-refractivity contribution is 6.62. The van der Waals surface area contributed by atoms with Crippen LogP contribution in [-0.2, 0) is 14.7 Å². The summed E-state index contributed by atoms with van der Waals surface area (Å²) < 4.78 is 11.8. The summed E-state index contributed by atoms with van der Waals surface area (Å²) >= 11 is 0. The molecule has 0 radical (unpaired) electrons. The lowest BCUT2D eigenvalue weighted by atomic mass is 9.73. The number of hydrogen-bond donors (Lipinski definition) is 1. The monoisotopic (exact) mass is 379 g/mol. The van der Waals surface area contributed by atoms with E-state index in [0.29, 0.717) is 18.8 Å². The van der Waals surface area contributed by atoms with E-state index in [-0.39, 0.29) is 16.7 Å². The first-order valence-corrected chi connectivity index (χ1v) is 9.81. The molecule has 0 unspecified atom stereocenters. The number of nitrogens with one attached hydrogen (secondary N) is 1. The molecular weight excluding hydrogens is 349 g/mol. The molecule has 1 fully saturated rings. The zero-order valence-corrected chi connectivity index (χ0v) is 17.8. The van der Waals surface area contributed by atoms with Crippen molar-refractivity contribution in [2.75, 3.05) is 18.5 Å². The van der Waals surface area contributed by atoms with Crippen LogP contribution in [0.5, 0.6) is 0 Å². The maximum atomic E-state index is 12.7. The van der Waals surface area contributed by atoms with E-state index in [1.807, 2.05) is 49.4 Å². The molecule has 0 bridgehead atoms. The zero-order valence-electron chi connectivity index (χ0n) is 17.8. The second-order valence-corrected chi connectivity index (χ2v) is 9.42.